The summed E-state index contributed by atoms with van der Waals surface area (Å²) in [6, 6.07) is 8.33. The predicted octanol–water partition coefficient (Wildman–Crippen LogP) is 3.92. The van der Waals surface area contributed by atoms with E-state index >= 15 is 0 Å². The molecule has 0 spiro atoms. The van der Waals surface area contributed by atoms with Crippen LogP contribution in [0.4, 0.5) is 17.1 Å². The lowest BCUT2D eigenvalue weighted by atomic mass is 10.2. The molecule has 0 saturated heterocycles. The second-order valence-corrected chi connectivity index (χ2v) is 4.75. The normalized spacial score (nSPS) is 10.7. The zero-order valence-electron chi connectivity index (χ0n) is 11.8. The number of nitrogens with zero attached hydrogens (tertiary/aromatic N) is 3. The summed E-state index contributed by atoms with van der Waals surface area (Å²) < 4.78 is 4.93. The third kappa shape index (κ3) is 3.80. The fourth-order valence-electron chi connectivity index (χ4n) is 1.78. The van der Waals surface area contributed by atoms with Crippen molar-refractivity contribution in [3.63, 3.8) is 0 Å². The lowest BCUT2D eigenvalue weighted by Gasteiger charge is -2.02. The highest BCUT2D eigenvalue weighted by atomic mass is 35.5. The SMILES string of the molecule is COc1ccc(N=Cc2ccc(Cl)c([N+](=O)[O-])c2)c([N+](=O)[O-])c1. The summed E-state index contributed by atoms with van der Waals surface area (Å²) in [4.78, 5) is 24.7. The molecular formula is C14H10ClN3O5. The van der Waals surface area contributed by atoms with Gasteiger partial charge in [0.05, 0.1) is 23.0 Å². The molecule has 0 heterocycles. The minimum atomic E-state index is -0.616. The van der Waals surface area contributed by atoms with Gasteiger partial charge in [-0.1, -0.05) is 17.7 Å². The molecule has 0 aromatic heterocycles. The minimum absolute atomic E-state index is 0.00239. The topological polar surface area (TPSA) is 108 Å². The van der Waals surface area contributed by atoms with Gasteiger partial charge in [-0.25, -0.2) is 4.99 Å². The van der Waals surface area contributed by atoms with Gasteiger partial charge in [-0.05, 0) is 23.8 Å². The maximum atomic E-state index is 11.1. The van der Waals surface area contributed by atoms with E-state index in [4.69, 9.17) is 16.3 Å². The number of nitro groups is 2. The van der Waals surface area contributed by atoms with Crippen molar-refractivity contribution in [1.29, 1.82) is 0 Å². The Balaban J connectivity index is 2.39. The Kier molecular flexibility index (Phi) is 4.87. The largest absolute Gasteiger partial charge is 0.496 e. The molecule has 23 heavy (non-hydrogen) atoms. The maximum absolute atomic E-state index is 11.1. The van der Waals surface area contributed by atoms with Crippen LogP contribution in [0.25, 0.3) is 0 Å². The van der Waals surface area contributed by atoms with Crippen LogP contribution in [-0.2, 0) is 0 Å². The van der Waals surface area contributed by atoms with E-state index in [1.807, 2.05) is 0 Å². The molecule has 0 saturated carbocycles. The Morgan fingerprint density at radius 3 is 2.39 bits per heavy atom. The average Bonchev–Trinajstić information content (AvgIpc) is 2.53. The van der Waals surface area contributed by atoms with Gasteiger partial charge in [-0.15, -0.1) is 0 Å². The third-order valence-electron chi connectivity index (χ3n) is 2.90. The van der Waals surface area contributed by atoms with Gasteiger partial charge in [0.2, 0.25) is 0 Å². The molecule has 8 nitrogen and oxygen atoms in total. The van der Waals surface area contributed by atoms with Gasteiger partial charge in [0.15, 0.2) is 0 Å². The van der Waals surface area contributed by atoms with Gasteiger partial charge in [0.25, 0.3) is 11.4 Å². The molecule has 2 rings (SSSR count). The Hall–Kier alpha value is -3.00. The van der Waals surface area contributed by atoms with E-state index in [0.29, 0.717) is 11.3 Å². The summed E-state index contributed by atoms with van der Waals surface area (Å²) in [6.07, 6.45) is 1.29. The van der Waals surface area contributed by atoms with Crippen molar-refractivity contribution >= 4 is 34.9 Å². The van der Waals surface area contributed by atoms with E-state index in [1.54, 1.807) is 0 Å². The molecule has 2 aromatic carbocycles. The zero-order chi connectivity index (χ0) is 17.0. The highest BCUT2D eigenvalue weighted by Crippen LogP contribution is 2.31. The van der Waals surface area contributed by atoms with Crippen molar-refractivity contribution in [3.8, 4) is 5.75 Å². The molecule has 9 heteroatoms. The van der Waals surface area contributed by atoms with E-state index in [1.165, 1.54) is 49.7 Å². The number of nitro benzene ring substituents is 2. The van der Waals surface area contributed by atoms with Crippen molar-refractivity contribution in [2.24, 2.45) is 4.99 Å². The first-order valence-electron chi connectivity index (χ1n) is 6.23. The van der Waals surface area contributed by atoms with Gasteiger partial charge in [0.1, 0.15) is 16.5 Å². The molecule has 2 aromatic rings. The van der Waals surface area contributed by atoms with Gasteiger partial charge in [0, 0.05) is 12.3 Å². The number of methoxy groups -OCH3 is 1. The van der Waals surface area contributed by atoms with E-state index < -0.39 is 9.85 Å². The summed E-state index contributed by atoms with van der Waals surface area (Å²) >= 11 is 5.72. The number of rotatable bonds is 5. The Labute approximate surface area is 135 Å². The quantitative estimate of drug-likeness (QED) is 0.467. The molecule has 0 N–H and O–H groups in total. The fraction of sp³-hybridized carbons (Fsp3) is 0.0714. The third-order valence-corrected chi connectivity index (χ3v) is 3.22. The zero-order valence-corrected chi connectivity index (χ0v) is 12.6. The Bertz CT molecular complexity index is 807. The van der Waals surface area contributed by atoms with Crippen LogP contribution in [0.15, 0.2) is 41.4 Å². The molecule has 0 aliphatic rings. The number of aliphatic imine (C=N–C) groups is 1. The molecular weight excluding hydrogens is 326 g/mol. The summed E-state index contributed by atoms with van der Waals surface area (Å²) in [5.74, 6) is 0.331. The Morgan fingerprint density at radius 1 is 1.09 bits per heavy atom. The van der Waals surface area contributed by atoms with Crippen LogP contribution < -0.4 is 4.74 Å². The van der Waals surface area contributed by atoms with Crippen LogP contribution in [0.5, 0.6) is 5.75 Å². The number of halogens is 1. The first-order valence-corrected chi connectivity index (χ1v) is 6.60. The molecule has 0 atom stereocenters. The molecule has 0 aliphatic carbocycles. The van der Waals surface area contributed by atoms with Crippen molar-refractivity contribution in [2.45, 2.75) is 0 Å². The van der Waals surface area contributed by atoms with E-state index in [-0.39, 0.29) is 22.1 Å². The molecule has 0 radical (unpaired) electrons. The van der Waals surface area contributed by atoms with Crippen LogP contribution in [0, 0.1) is 20.2 Å². The molecule has 0 amide bonds. The summed E-state index contributed by atoms with van der Waals surface area (Å²) in [6.45, 7) is 0. The van der Waals surface area contributed by atoms with E-state index in [9.17, 15) is 20.2 Å². The summed E-state index contributed by atoms with van der Waals surface area (Å²) in [5.41, 5.74) is 0.00327. The van der Waals surface area contributed by atoms with Crippen LogP contribution in [0.3, 0.4) is 0 Å². The first kappa shape index (κ1) is 16.4. The van der Waals surface area contributed by atoms with Gasteiger partial charge in [-0.2, -0.15) is 0 Å². The highest BCUT2D eigenvalue weighted by Gasteiger charge is 2.15. The number of ether oxygens (including phenoxy) is 1. The second-order valence-electron chi connectivity index (χ2n) is 4.34. The predicted molar refractivity (Wildman–Crippen MR) is 85.0 cm³/mol. The van der Waals surface area contributed by atoms with Crippen molar-refractivity contribution in [2.75, 3.05) is 7.11 Å². The van der Waals surface area contributed by atoms with Crippen molar-refractivity contribution < 1.29 is 14.6 Å². The van der Waals surface area contributed by atoms with Crippen molar-refractivity contribution in [1.82, 2.24) is 0 Å². The van der Waals surface area contributed by atoms with Crippen LogP contribution in [-0.4, -0.2) is 23.2 Å². The summed E-state index contributed by atoms with van der Waals surface area (Å²) in [7, 11) is 1.40. The standard InChI is InChI=1S/C14H10ClN3O5/c1-23-10-3-5-12(14(7-10)18(21)22)16-8-9-2-4-11(15)13(6-9)17(19)20/h2-8H,1H3. The number of benzene rings is 2. The lowest BCUT2D eigenvalue weighted by Crippen LogP contribution is -1.92. The molecule has 0 aliphatic heterocycles. The minimum Gasteiger partial charge on any atom is -0.496 e. The monoisotopic (exact) mass is 335 g/mol. The smallest absolute Gasteiger partial charge is 0.298 e. The lowest BCUT2D eigenvalue weighted by molar-refractivity contribution is -0.384. The molecule has 0 bridgehead atoms. The number of hydrogen-bond acceptors (Lipinski definition) is 6. The van der Waals surface area contributed by atoms with E-state index in [0.717, 1.165) is 0 Å². The first-order chi connectivity index (χ1) is 10.9. The highest BCUT2D eigenvalue weighted by molar-refractivity contribution is 6.32. The Morgan fingerprint density at radius 2 is 1.78 bits per heavy atom. The summed E-state index contributed by atoms with van der Waals surface area (Å²) in [5, 5.41) is 21.9. The van der Waals surface area contributed by atoms with E-state index in [2.05, 4.69) is 4.99 Å². The van der Waals surface area contributed by atoms with Crippen LogP contribution in [0.1, 0.15) is 5.56 Å². The van der Waals surface area contributed by atoms with Crippen molar-refractivity contribution in [3.05, 3.63) is 67.2 Å². The number of hydrogen-bond donors (Lipinski definition) is 0. The van der Waals surface area contributed by atoms with Gasteiger partial charge in [-0.3, -0.25) is 20.2 Å². The average molecular weight is 336 g/mol. The van der Waals surface area contributed by atoms with Gasteiger partial charge >= 0.3 is 0 Å². The van der Waals surface area contributed by atoms with Crippen LogP contribution >= 0.6 is 11.6 Å². The second kappa shape index (κ2) is 6.84. The van der Waals surface area contributed by atoms with Crippen LogP contribution in [0.2, 0.25) is 5.02 Å². The molecule has 0 fully saturated rings. The molecule has 118 valence electrons. The molecule has 0 unspecified atom stereocenters. The maximum Gasteiger partial charge on any atom is 0.298 e. The van der Waals surface area contributed by atoms with Gasteiger partial charge < -0.3 is 4.74 Å². The fourth-order valence-corrected chi connectivity index (χ4v) is 1.97.